The molecule has 2 heterocycles. The van der Waals surface area contributed by atoms with E-state index in [1.807, 2.05) is 24.3 Å². The molecule has 1 saturated heterocycles. The fourth-order valence-electron chi connectivity index (χ4n) is 2.26. The normalized spacial score (nSPS) is 17.4. The van der Waals surface area contributed by atoms with Crippen molar-refractivity contribution in [1.82, 2.24) is 5.16 Å². The maximum absolute atomic E-state index is 11.7. The fraction of sp³-hybridized carbons (Fsp3) is 0.375. The maximum Gasteiger partial charge on any atom is 0.360 e. The Bertz CT molecular complexity index is 645. The van der Waals surface area contributed by atoms with Crippen LogP contribution in [-0.2, 0) is 9.47 Å². The number of aromatic nitrogens is 1. The quantitative estimate of drug-likeness (QED) is 0.791. The average Bonchev–Trinajstić information content (AvgIpc) is 3.19. The number of esters is 1. The number of carbonyl (C=O) groups excluding carboxylic acids is 1. The average molecular weight is 303 g/mol. The van der Waals surface area contributed by atoms with Crippen LogP contribution in [0.1, 0.15) is 23.8 Å². The molecular weight excluding hydrogens is 286 g/mol. The van der Waals surface area contributed by atoms with Gasteiger partial charge in [-0.2, -0.15) is 0 Å². The highest BCUT2D eigenvalue weighted by Gasteiger charge is 2.21. The second-order valence-electron chi connectivity index (χ2n) is 4.90. The Labute approximate surface area is 128 Å². The minimum atomic E-state index is -0.500. The number of rotatable bonds is 5. The van der Waals surface area contributed by atoms with E-state index in [1.165, 1.54) is 0 Å². The summed E-state index contributed by atoms with van der Waals surface area (Å²) in [6.07, 6.45) is 0.896. The summed E-state index contributed by atoms with van der Waals surface area (Å²) in [4.78, 5) is 11.7. The molecule has 1 atom stereocenters. The number of ether oxygens (including phenoxy) is 3. The standard InChI is InChI=1S/C16H17NO5/c1-2-20-16(18)13-9-15(22-17-13)12-5-3-4-6-14(12)21-11-7-8-19-10-11/h3-6,9,11H,2,7-8,10H2,1H3. The van der Waals surface area contributed by atoms with Gasteiger partial charge in [0, 0.05) is 12.5 Å². The van der Waals surface area contributed by atoms with Gasteiger partial charge in [0.05, 0.1) is 25.4 Å². The Morgan fingerprint density at radius 2 is 2.27 bits per heavy atom. The minimum Gasteiger partial charge on any atom is -0.487 e. The molecule has 2 aromatic rings. The van der Waals surface area contributed by atoms with E-state index in [-0.39, 0.29) is 11.8 Å². The van der Waals surface area contributed by atoms with Crippen molar-refractivity contribution < 1.29 is 23.5 Å². The van der Waals surface area contributed by atoms with Gasteiger partial charge in [-0.25, -0.2) is 4.79 Å². The molecular formula is C16H17NO5. The number of carbonyl (C=O) groups is 1. The summed E-state index contributed by atoms with van der Waals surface area (Å²) in [5.74, 6) is 0.655. The van der Waals surface area contributed by atoms with Gasteiger partial charge in [-0.3, -0.25) is 0 Å². The largest absolute Gasteiger partial charge is 0.487 e. The predicted octanol–water partition coefficient (Wildman–Crippen LogP) is 2.69. The Morgan fingerprint density at radius 1 is 1.41 bits per heavy atom. The monoisotopic (exact) mass is 303 g/mol. The van der Waals surface area contributed by atoms with E-state index in [9.17, 15) is 4.79 Å². The van der Waals surface area contributed by atoms with Crippen LogP contribution in [-0.4, -0.2) is 37.1 Å². The Hall–Kier alpha value is -2.34. The molecule has 1 aromatic carbocycles. The van der Waals surface area contributed by atoms with Crippen molar-refractivity contribution in [3.05, 3.63) is 36.0 Å². The zero-order valence-corrected chi connectivity index (χ0v) is 12.3. The predicted molar refractivity (Wildman–Crippen MR) is 77.7 cm³/mol. The van der Waals surface area contributed by atoms with E-state index in [0.717, 1.165) is 12.0 Å². The molecule has 6 heteroatoms. The van der Waals surface area contributed by atoms with Crippen molar-refractivity contribution >= 4 is 5.97 Å². The van der Waals surface area contributed by atoms with Gasteiger partial charge < -0.3 is 18.7 Å². The molecule has 1 unspecified atom stereocenters. The van der Waals surface area contributed by atoms with Crippen LogP contribution < -0.4 is 4.74 Å². The molecule has 6 nitrogen and oxygen atoms in total. The van der Waals surface area contributed by atoms with Gasteiger partial charge in [-0.1, -0.05) is 17.3 Å². The third-order valence-electron chi connectivity index (χ3n) is 3.33. The Kier molecular flexibility index (Phi) is 4.39. The number of hydrogen-bond acceptors (Lipinski definition) is 6. The van der Waals surface area contributed by atoms with E-state index >= 15 is 0 Å². The van der Waals surface area contributed by atoms with Crippen LogP contribution in [0.15, 0.2) is 34.9 Å². The highest BCUT2D eigenvalue weighted by atomic mass is 16.5. The van der Waals surface area contributed by atoms with Crippen molar-refractivity contribution in [2.75, 3.05) is 19.8 Å². The molecule has 0 spiro atoms. The number of para-hydroxylation sites is 1. The van der Waals surface area contributed by atoms with E-state index in [2.05, 4.69) is 5.16 Å². The molecule has 116 valence electrons. The zero-order chi connectivity index (χ0) is 15.4. The molecule has 1 aromatic heterocycles. The lowest BCUT2D eigenvalue weighted by Gasteiger charge is -2.14. The van der Waals surface area contributed by atoms with Gasteiger partial charge in [-0.15, -0.1) is 0 Å². The first-order valence-electron chi connectivity index (χ1n) is 7.25. The molecule has 1 aliphatic rings. The topological polar surface area (TPSA) is 70.8 Å². The number of benzene rings is 1. The van der Waals surface area contributed by atoms with Gasteiger partial charge in [0.1, 0.15) is 11.9 Å². The SMILES string of the molecule is CCOC(=O)c1cc(-c2ccccc2OC2CCOC2)on1. The van der Waals surface area contributed by atoms with Gasteiger partial charge in [-0.05, 0) is 19.1 Å². The molecule has 1 aliphatic heterocycles. The molecule has 0 radical (unpaired) electrons. The van der Waals surface area contributed by atoms with E-state index < -0.39 is 5.97 Å². The van der Waals surface area contributed by atoms with Crippen molar-refractivity contribution in [1.29, 1.82) is 0 Å². The minimum absolute atomic E-state index is 0.0357. The fourth-order valence-corrected chi connectivity index (χ4v) is 2.26. The molecule has 0 amide bonds. The Balaban J connectivity index is 1.83. The number of nitrogens with zero attached hydrogens (tertiary/aromatic N) is 1. The summed E-state index contributed by atoms with van der Waals surface area (Å²) >= 11 is 0. The smallest absolute Gasteiger partial charge is 0.360 e. The molecule has 0 saturated carbocycles. The Morgan fingerprint density at radius 3 is 3.05 bits per heavy atom. The lowest BCUT2D eigenvalue weighted by molar-refractivity contribution is 0.0514. The van der Waals surface area contributed by atoms with Crippen LogP contribution >= 0.6 is 0 Å². The molecule has 0 N–H and O–H groups in total. The molecule has 1 fully saturated rings. The van der Waals surface area contributed by atoms with Crippen LogP contribution in [0.25, 0.3) is 11.3 Å². The molecule has 22 heavy (non-hydrogen) atoms. The van der Waals surface area contributed by atoms with E-state index in [4.69, 9.17) is 18.7 Å². The first-order chi connectivity index (χ1) is 10.8. The highest BCUT2D eigenvalue weighted by Crippen LogP contribution is 2.32. The van der Waals surface area contributed by atoms with E-state index in [1.54, 1.807) is 13.0 Å². The van der Waals surface area contributed by atoms with Crippen molar-refractivity contribution in [2.24, 2.45) is 0 Å². The van der Waals surface area contributed by atoms with Gasteiger partial charge in [0.2, 0.25) is 0 Å². The second kappa shape index (κ2) is 6.62. The maximum atomic E-state index is 11.7. The van der Waals surface area contributed by atoms with Crippen LogP contribution in [0.3, 0.4) is 0 Å². The van der Waals surface area contributed by atoms with Gasteiger partial charge in [0.25, 0.3) is 0 Å². The van der Waals surface area contributed by atoms with Crippen LogP contribution in [0.4, 0.5) is 0 Å². The third kappa shape index (κ3) is 3.12. The van der Waals surface area contributed by atoms with Crippen LogP contribution in [0.2, 0.25) is 0 Å². The molecule has 3 rings (SSSR count). The van der Waals surface area contributed by atoms with Gasteiger partial charge in [0.15, 0.2) is 11.5 Å². The summed E-state index contributed by atoms with van der Waals surface area (Å²) < 4.78 is 21.4. The second-order valence-corrected chi connectivity index (χ2v) is 4.90. The molecule has 0 aliphatic carbocycles. The first kappa shape index (κ1) is 14.6. The lowest BCUT2D eigenvalue weighted by atomic mass is 10.1. The summed E-state index contributed by atoms with van der Waals surface area (Å²) in [5, 5.41) is 3.75. The summed E-state index contributed by atoms with van der Waals surface area (Å²) in [7, 11) is 0. The molecule has 0 bridgehead atoms. The summed E-state index contributed by atoms with van der Waals surface area (Å²) in [6.45, 7) is 3.33. The van der Waals surface area contributed by atoms with Crippen molar-refractivity contribution in [2.45, 2.75) is 19.4 Å². The summed E-state index contributed by atoms with van der Waals surface area (Å²) in [5.41, 5.74) is 0.897. The zero-order valence-electron chi connectivity index (χ0n) is 12.3. The lowest BCUT2D eigenvalue weighted by Crippen LogP contribution is -2.16. The van der Waals surface area contributed by atoms with E-state index in [0.29, 0.717) is 31.3 Å². The highest BCUT2D eigenvalue weighted by molar-refractivity contribution is 5.88. The van der Waals surface area contributed by atoms with Crippen LogP contribution in [0.5, 0.6) is 5.75 Å². The van der Waals surface area contributed by atoms with Gasteiger partial charge >= 0.3 is 5.97 Å². The summed E-state index contributed by atoms with van der Waals surface area (Å²) in [6, 6.07) is 9.04. The van der Waals surface area contributed by atoms with Crippen LogP contribution in [0, 0.1) is 0 Å². The number of hydrogen-bond donors (Lipinski definition) is 0. The first-order valence-corrected chi connectivity index (χ1v) is 7.25. The van der Waals surface area contributed by atoms with Crippen molar-refractivity contribution in [3.8, 4) is 17.1 Å². The third-order valence-corrected chi connectivity index (χ3v) is 3.33. The van der Waals surface area contributed by atoms with Crippen molar-refractivity contribution in [3.63, 3.8) is 0 Å².